The first-order valence-corrected chi connectivity index (χ1v) is 9.14. The van der Waals surface area contributed by atoms with Gasteiger partial charge in [0.05, 0.1) is 10.5 Å². The van der Waals surface area contributed by atoms with Crippen LogP contribution < -0.4 is 0 Å². The van der Waals surface area contributed by atoms with E-state index in [2.05, 4.69) is 0 Å². The molecule has 1 aliphatic rings. The third-order valence-electron chi connectivity index (χ3n) is 4.71. The number of nitro benzene ring substituents is 1. The van der Waals surface area contributed by atoms with Crippen LogP contribution in [-0.2, 0) is 9.53 Å². The number of nitro groups is 1. The van der Waals surface area contributed by atoms with Crippen molar-refractivity contribution in [2.75, 3.05) is 6.61 Å². The van der Waals surface area contributed by atoms with Crippen LogP contribution in [0.4, 0.5) is 5.69 Å². The number of carbonyl (C=O) groups excluding carboxylic acids is 4. The molecule has 0 saturated heterocycles. The summed E-state index contributed by atoms with van der Waals surface area (Å²) in [6, 6.07) is 10.6. The summed E-state index contributed by atoms with van der Waals surface area (Å²) in [5.41, 5.74) is -0.662. The average molecular weight is 410 g/mol. The molecule has 3 rings (SSSR count). The maximum atomic E-state index is 12.9. The molecule has 1 heterocycles. The highest BCUT2D eigenvalue weighted by Gasteiger charge is 2.47. The van der Waals surface area contributed by atoms with Gasteiger partial charge >= 0.3 is 5.97 Å². The summed E-state index contributed by atoms with van der Waals surface area (Å²) < 4.78 is 5.10. The van der Waals surface area contributed by atoms with E-state index in [0.717, 1.165) is 6.07 Å². The van der Waals surface area contributed by atoms with Crippen molar-refractivity contribution in [3.8, 4) is 0 Å². The van der Waals surface area contributed by atoms with E-state index in [0.29, 0.717) is 10.5 Å². The van der Waals surface area contributed by atoms with Gasteiger partial charge in [0.25, 0.3) is 17.5 Å². The predicted octanol–water partition coefficient (Wildman–Crippen LogP) is 2.64. The SMILES string of the molecule is CC(C)C(C(=O)OCC(=O)c1ccccc1)N1C(=O)c2cccc([N+](=O)[O-])c2C1=O. The average Bonchev–Trinajstić information content (AvgIpc) is 2.97. The van der Waals surface area contributed by atoms with Crippen LogP contribution in [0.15, 0.2) is 48.5 Å². The number of ether oxygens (including phenoxy) is 1. The highest BCUT2D eigenvalue weighted by atomic mass is 16.6. The molecule has 30 heavy (non-hydrogen) atoms. The fourth-order valence-electron chi connectivity index (χ4n) is 3.30. The standard InChI is InChI=1S/C21H18N2O7/c1-12(2)18(21(27)30-11-16(24)13-7-4-3-5-8-13)22-19(25)14-9-6-10-15(23(28)29)17(14)20(22)26/h3-10,12,18H,11H2,1-2H3. The van der Waals surface area contributed by atoms with Crippen LogP contribution in [0.1, 0.15) is 44.9 Å². The first kappa shape index (κ1) is 20.8. The number of carbonyl (C=O) groups is 4. The molecule has 1 unspecified atom stereocenters. The molecule has 2 aromatic rings. The number of ketones is 1. The van der Waals surface area contributed by atoms with Crippen LogP contribution in [0.2, 0.25) is 0 Å². The molecule has 0 saturated carbocycles. The zero-order valence-corrected chi connectivity index (χ0v) is 16.2. The Balaban J connectivity index is 1.84. The Hall–Kier alpha value is -3.88. The van der Waals surface area contributed by atoms with E-state index in [4.69, 9.17) is 4.74 Å². The number of fused-ring (bicyclic) bond motifs is 1. The van der Waals surface area contributed by atoms with Crippen LogP contribution in [0, 0.1) is 16.0 Å². The topological polar surface area (TPSA) is 124 Å². The minimum atomic E-state index is -1.33. The fourth-order valence-corrected chi connectivity index (χ4v) is 3.30. The normalized spacial score (nSPS) is 13.9. The second kappa shape index (κ2) is 8.24. The maximum absolute atomic E-state index is 12.9. The molecule has 9 nitrogen and oxygen atoms in total. The monoisotopic (exact) mass is 410 g/mol. The van der Waals surface area contributed by atoms with Crippen molar-refractivity contribution in [3.63, 3.8) is 0 Å². The summed E-state index contributed by atoms with van der Waals surface area (Å²) in [4.78, 5) is 61.8. The number of esters is 1. The van der Waals surface area contributed by atoms with E-state index in [1.165, 1.54) is 12.1 Å². The Morgan fingerprint density at radius 1 is 1.03 bits per heavy atom. The molecule has 154 valence electrons. The van der Waals surface area contributed by atoms with E-state index < -0.39 is 52.7 Å². The van der Waals surface area contributed by atoms with Crippen molar-refractivity contribution < 1.29 is 28.8 Å². The zero-order valence-electron chi connectivity index (χ0n) is 16.2. The van der Waals surface area contributed by atoms with Gasteiger partial charge in [0.1, 0.15) is 11.6 Å². The molecule has 2 aromatic carbocycles. The number of hydrogen-bond acceptors (Lipinski definition) is 7. The van der Waals surface area contributed by atoms with Crippen molar-refractivity contribution in [1.82, 2.24) is 4.90 Å². The molecule has 1 atom stereocenters. The molecule has 0 spiro atoms. The lowest BCUT2D eigenvalue weighted by molar-refractivity contribution is -0.385. The van der Waals surface area contributed by atoms with Crippen molar-refractivity contribution in [2.24, 2.45) is 5.92 Å². The predicted molar refractivity (Wildman–Crippen MR) is 104 cm³/mol. The van der Waals surface area contributed by atoms with Crippen molar-refractivity contribution in [2.45, 2.75) is 19.9 Å². The minimum Gasteiger partial charge on any atom is -0.456 e. The second-order valence-corrected chi connectivity index (χ2v) is 7.02. The van der Waals surface area contributed by atoms with Gasteiger partial charge in [0.2, 0.25) is 0 Å². The van der Waals surface area contributed by atoms with E-state index >= 15 is 0 Å². The largest absolute Gasteiger partial charge is 0.456 e. The Labute approximate surface area is 171 Å². The smallest absolute Gasteiger partial charge is 0.330 e. The highest BCUT2D eigenvalue weighted by molar-refractivity contribution is 6.24. The minimum absolute atomic E-state index is 0.145. The van der Waals surface area contributed by atoms with Gasteiger partial charge in [-0.15, -0.1) is 0 Å². The van der Waals surface area contributed by atoms with Gasteiger partial charge in [-0.05, 0) is 12.0 Å². The van der Waals surface area contributed by atoms with Crippen LogP contribution >= 0.6 is 0 Å². The number of benzene rings is 2. The molecule has 0 aromatic heterocycles. The molecule has 9 heteroatoms. The van der Waals surface area contributed by atoms with Gasteiger partial charge in [-0.1, -0.05) is 50.2 Å². The van der Waals surface area contributed by atoms with Crippen LogP contribution in [0.25, 0.3) is 0 Å². The molecule has 0 fully saturated rings. The Bertz CT molecular complexity index is 1050. The second-order valence-electron chi connectivity index (χ2n) is 7.02. The van der Waals surface area contributed by atoms with Gasteiger partial charge in [-0.25, -0.2) is 4.79 Å². The van der Waals surface area contributed by atoms with Gasteiger partial charge in [-0.2, -0.15) is 0 Å². The third kappa shape index (κ3) is 3.69. The first-order valence-electron chi connectivity index (χ1n) is 9.14. The molecular formula is C21H18N2O7. The molecule has 0 radical (unpaired) electrons. The number of hydrogen-bond donors (Lipinski definition) is 0. The molecule has 0 aliphatic carbocycles. The molecule has 1 aliphatic heterocycles. The van der Waals surface area contributed by atoms with Gasteiger partial charge in [0, 0.05) is 11.6 Å². The number of rotatable bonds is 7. The lowest BCUT2D eigenvalue weighted by atomic mass is 10.0. The summed E-state index contributed by atoms with van der Waals surface area (Å²) in [5.74, 6) is -3.68. The number of nitrogens with zero attached hydrogens (tertiary/aromatic N) is 2. The third-order valence-corrected chi connectivity index (χ3v) is 4.71. The summed E-state index contributed by atoms with van der Waals surface area (Å²) in [5, 5.41) is 11.3. The van der Waals surface area contributed by atoms with E-state index in [-0.39, 0.29) is 11.1 Å². The molecule has 0 bridgehead atoms. The van der Waals surface area contributed by atoms with Gasteiger partial charge in [0.15, 0.2) is 12.4 Å². The zero-order chi connectivity index (χ0) is 22.0. The number of amides is 2. The highest BCUT2D eigenvalue weighted by Crippen LogP contribution is 2.33. The first-order chi connectivity index (χ1) is 14.2. The summed E-state index contributed by atoms with van der Waals surface area (Å²) in [7, 11) is 0. The number of imide groups is 1. The van der Waals surface area contributed by atoms with E-state index in [9.17, 15) is 29.3 Å². The van der Waals surface area contributed by atoms with E-state index in [1.54, 1.807) is 44.2 Å². The van der Waals surface area contributed by atoms with Gasteiger partial charge in [-0.3, -0.25) is 29.4 Å². The van der Waals surface area contributed by atoms with Crippen LogP contribution in [0.5, 0.6) is 0 Å². The molecule has 2 amide bonds. The lowest BCUT2D eigenvalue weighted by Gasteiger charge is -2.27. The van der Waals surface area contributed by atoms with Crippen LogP contribution in [-0.4, -0.2) is 46.0 Å². The molecule has 0 N–H and O–H groups in total. The number of Topliss-reactive ketones (excluding diaryl/α,β-unsaturated/α-hetero) is 1. The fraction of sp³-hybridized carbons (Fsp3) is 0.238. The summed E-state index contributed by atoms with van der Waals surface area (Å²) in [6.07, 6.45) is 0. The van der Waals surface area contributed by atoms with E-state index in [1.807, 2.05) is 0 Å². The Kier molecular flexibility index (Phi) is 5.72. The summed E-state index contributed by atoms with van der Waals surface area (Å²) >= 11 is 0. The van der Waals surface area contributed by atoms with Crippen molar-refractivity contribution in [3.05, 3.63) is 75.3 Å². The lowest BCUT2D eigenvalue weighted by Crippen LogP contribution is -2.49. The quantitative estimate of drug-likeness (QED) is 0.226. The van der Waals surface area contributed by atoms with Crippen molar-refractivity contribution >= 4 is 29.3 Å². The van der Waals surface area contributed by atoms with Crippen molar-refractivity contribution in [1.29, 1.82) is 0 Å². The van der Waals surface area contributed by atoms with Gasteiger partial charge < -0.3 is 4.74 Å². The Morgan fingerprint density at radius 2 is 1.70 bits per heavy atom. The molecular weight excluding hydrogens is 392 g/mol. The summed E-state index contributed by atoms with van der Waals surface area (Å²) in [6.45, 7) is 2.64. The van der Waals surface area contributed by atoms with Crippen LogP contribution in [0.3, 0.4) is 0 Å². The Morgan fingerprint density at radius 3 is 2.30 bits per heavy atom. The maximum Gasteiger partial charge on any atom is 0.330 e.